The van der Waals surface area contributed by atoms with Gasteiger partial charge in [-0.2, -0.15) is 0 Å². The summed E-state index contributed by atoms with van der Waals surface area (Å²) in [7, 11) is -1.47. The van der Waals surface area contributed by atoms with Crippen molar-refractivity contribution in [1.29, 1.82) is 0 Å². The molecule has 2 aromatic rings. The van der Waals surface area contributed by atoms with Crippen LogP contribution >= 0.6 is 11.6 Å². The van der Waals surface area contributed by atoms with Crippen molar-refractivity contribution >= 4 is 24.2 Å². The van der Waals surface area contributed by atoms with Crippen LogP contribution in [-0.2, 0) is 6.61 Å². The molecule has 2 N–H and O–H groups in total. The molecule has 2 aromatic carbocycles. The van der Waals surface area contributed by atoms with Crippen LogP contribution in [-0.4, -0.2) is 17.2 Å². The van der Waals surface area contributed by atoms with Gasteiger partial charge in [0.15, 0.2) is 0 Å². The Hall–Kier alpha value is -1.49. The molecule has 0 aliphatic carbocycles. The topological polar surface area (TPSA) is 49.7 Å². The first-order chi connectivity index (χ1) is 9.06. The Kier molecular flexibility index (Phi) is 4.48. The van der Waals surface area contributed by atoms with Crippen molar-refractivity contribution in [1.82, 2.24) is 0 Å². The minimum atomic E-state index is -1.47. The Morgan fingerprint density at radius 1 is 1.16 bits per heavy atom. The number of aryl methyl sites for hydroxylation is 1. The van der Waals surface area contributed by atoms with Gasteiger partial charge in [0.25, 0.3) is 0 Å². The van der Waals surface area contributed by atoms with E-state index >= 15 is 0 Å². The summed E-state index contributed by atoms with van der Waals surface area (Å²) >= 11 is 6.04. The van der Waals surface area contributed by atoms with E-state index in [1.807, 2.05) is 25.1 Å². The Balaban J connectivity index is 2.10. The zero-order valence-electron chi connectivity index (χ0n) is 10.5. The van der Waals surface area contributed by atoms with Crippen molar-refractivity contribution in [3.05, 3.63) is 58.6 Å². The van der Waals surface area contributed by atoms with Crippen LogP contribution < -0.4 is 10.2 Å². The molecule has 0 spiro atoms. The third-order valence-corrected chi connectivity index (χ3v) is 3.04. The van der Waals surface area contributed by atoms with E-state index in [0.717, 1.165) is 11.1 Å². The van der Waals surface area contributed by atoms with Gasteiger partial charge in [-0.3, -0.25) is 0 Å². The molecule has 98 valence electrons. The molecule has 0 heterocycles. The zero-order chi connectivity index (χ0) is 13.8. The molecule has 5 heteroatoms. The molecule has 0 amide bonds. The fourth-order valence-electron chi connectivity index (χ4n) is 1.73. The molecular weight excluding hydrogens is 262 g/mol. The molecule has 19 heavy (non-hydrogen) atoms. The minimum absolute atomic E-state index is 0.323. The van der Waals surface area contributed by atoms with Crippen molar-refractivity contribution in [2.24, 2.45) is 0 Å². The van der Waals surface area contributed by atoms with Gasteiger partial charge in [0.1, 0.15) is 12.4 Å². The third-order valence-electron chi connectivity index (χ3n) is 2.73. The lowest BCUT2D eigenvalue weighted by atomic mass is 9.80. The summed E-state index contributed by atoms with van der Waals surface area (Å²) in [6, 6.07) is 12.5. The highest BCUT2D eigenvalue weighted by Gasteiger charge is 2.11. The number of benzene rings is 2. The van der Waals surface area contributed by atoms with E-state index in [-0.39, 0.29) is 0 Å². The lowest BCUT2D eigenvalue weighted by Gasteiger charge is -2.10. The molecule has 2 rings (SSSR count). The fourth-order valence-corrected chi connectivity index (χ4v) is 1.90. The maximum Gasteiger partial charge on any atom is 0.488 e. The van der Waals surface area contributed by atoms with Crippen molar-refractivity contribution in [2.75, 3.05) is 0 Å². The number of hydrogen-bond donors (Lipinski definition) is 2. The minimum Gasteiger partial charge on any atom is -0.487 e. The normalized spacial score (nSPS) is 10.3. The van der Waals surface area contributed by atoms with Crippen LogP contribution in [0.5, 0.6) is 5.75 Å². The van der Waals surface area contributed by atoms with Gasteiger partial charge < -0.3 is 14.8 Å². The smallest absolute Gasteiger partial charge is 0.487 e. The van der Waals surface area contributed by atoms with Crippen LogP contribution in [0, 0.1) is 6.92 Å². The molecule has 0 saturated carbocycles. The quantitative estimate of drug-likeness (QED) is 0.839. The van der Waals surface area contributed by atoms with E-state index in [1.54, 1.807) is 24.3 Å². The second kappa shape index (κ2) is 6.11. The average Bonchev–Trinajstić information content (AvgIpc) is 2.40. The highest BCUT2D eigenvalue weighted by atomic mass is 35.5. The molecule has 0 saturated heterocycles. The van der Waals surface area contributed by atoms with Crippen molar-refractivity contribution < 1.29 is 14.8 Å². The van der Waals surface area contributed by atoms with Crippen LogP contribution in [0.15, 0.2) is 42.5 Å². The largest absolute Gasteiger partial charge is 0.488 e. The molecule has 0 unspecified atom stereocenters. The molecule has 0 radical (unpaired) electrons. The van der Waals surface area contributed by atoms with E-state index < -0.39 is 7.12 Å². The van der Waals surface area contributed by atoms with E-state index in [9.17, 15) is 0 Å². The van der Waals surface area contributed by atoms with Crippen LogP contribution in [0.3, 0.4) is 0 Å². The maximum atomic E-state index is 9.11. The number of halogens is 1. The van der Waals surface area contributed by atoms with Gasteiger partial charge in [-0.1, -0.05) is 41.9 Å². The van der Waals surface area contributed by atoms with Crippen molar-refractivity contribution in [3.63, 3.8) is 0 Å². The van der Waals surface area contributed by atoms with Gasteiger partial charge in [0, 0.05) is 0 Å². The van der Waals surface area contributed by atoms with Gasteiger partial charge >= 0.3 is 7.12 Å². The van der Waals surface area contributed by atoms with Gasteiger partial charge in [-0.25, -0.2) is 0 Å². The second-order valence-electron chi connectivity index (χ2n) is 4.34. The predicted molar refractivity (Wildman–Crippen MR) is 76.8 cm³/mol. The molecule has 0 aliphatic rings. The van der Waals surface area contributed by atoms with Gasteiger partial charge in [-0.15, -0.1) is 0 Å². The van der Waals surface area contributed by atoms with Crippen LogP contribution in [0.4, 0.5) is 0 Å². The predicted octanol–water partition coefficient (Wildman–Crippen LogP) is 1.91. The summed E-state index contributed by atoms with van der Waals surface area (Å²) in [5.74, 6) is 0.622. The Bertz CT molecular complexity index is 572. The molecular formula is C14H14BClO3. The lowest BCUT2D eigenvalue weighted by molar-refractivity contribution is 0.306. The van der Waals surface area contributed by atoms with E-state index in [4.69, 9.17) is 26.4 Å². The zero-order valence-corrected chi connectivity index (χ0v) is 11.3. The molecule has 0 bridgehead atoms. The van der Waals surface area contributed by atoms with Crippen LogP contribution in [0.25, 0.3) is 0 Å². The van der Waals surface area contributed by atoms with Gasteiger partial charge in [0.2, 0.25) is 0 Å². The van der Waals surface area contributed by atoms with Crippen molar-refractivity contribution in [3.8, 4) is 5.75 Å². The monoisotopic (exact) mass is 276 g/mol. The first-order valence-corrected chi connectivity index (χ1v) is 6.28. The lowest BCUT2D eigenvalue weighted by Crippen LogP contribution is -2.29. The maximum absolute atomic E-state index is 9.11. The standard InChI is InChI=1S/C14H14BClO3/c1-10-5-6-13(16)14(7-10)19-9-11-3-2-4-12(8-11)15(17)18/h2-8,17-18H,9H2,1H3. The number of rotatable bonds is 4. The molecule has 3 nitrogen and oxygen atoms in total. The Morgan fingerprint density at radius 2 is 1.95 bits per heavy atom. The van der Waals surface area contributed by atoms with Crippen molar-refractivity contribution in [2.45, 2.75) is 13.5 Å². The van der Waals surface area contributed by atoms with Crippen LogP contribution in [0.2, 0.25) is 5.02 Å². The summed E-state index contributed by atoms with van der Waals surface area (Å²) < 4.78 is 5.64. The summed E-state index contributed by atoms with van der Waals surface area (Å²) in [6.45, 7) is 2.29. The summed E-state index contributed by atoms with van der Waals surface area (Å²) in [4.78, 5) is 0. The molecule has 0 aliphatic heterocycles. The second-order valence-corrected chi connectivity index (χ2v) is 4.75. The SMILES string of the molecule is Cc1ccc(Cl)c(OCc2cccc(B(O)O)c2)c1. The average molecular weight is 277 g/mol. The molecule has 0 fully saturated rings. The third kappa shape index (κ3) is 3.74. The van der Waals surface area contributed by atoms with Gasteiger partial charge in [0.05, 0.1) is 5.02 Å². The number of hydrogen-bond acceptors (Lipinski definition) is 3. The van der Waals surface area contributed by atoms with Gasteiger partial charge in [-0.05, 0) is 35.6 Å². The molecule has 0 atom stereocenters. The van der Waals surface area contributed by atoms with Crippen LogP contribution in [0.1, 0.15) is 11.1 Å². The Labute approximate surface area is 117 Å². The highest BCUT2D eigenvalue weighted by molar-refractivity contribution is 6.58. The summed E-state index contributed by atoms with van der Waals surface area (Å²) in [5.41, 5.74) is 2.36. The molecule has 0 aromatic heterocycles. The first kappa shape index (κ1) is 13.9. The summed E-state index contributed by atoms with van der Waals surface area (Å²) in [5, 5.41) is 18.8. The highest BCUT2D eigenvalue weighted by Crippen LogP contribution is 2.25. The fraction of sp³-hybridized carbons (Fsp3) is 0.143. The summed E-state index contributed by atoms with van der Waals surface area (Å²) in [6.07, 6.45) is 0. The van der Waals surface area contributed by atoms with E-state index in [0.29, 0.717) is 22.8 Å². The van der Waals surface area contributed by atoms with E-state index in [2.05, 4.69) is 0 Å². The van der Waals surface area contributed by atoms with E-state index in [1.165, 1.54) is 0 Å². The number of ether oxygens (including phenoxy) is 1. The first-order valence-electron chi connectivity index (χ1n) is 5.90. The Morgan fingerprint density at radius 3 is 2.68 bits per heavy atom.